The zero-order valence-electron chi connectivity index (χ0n) is 10.8. The number of ether oxygens (including phenoxy) is 1. The predicted octanol–water partition coefficient (Wildman–Crippen LogP) is 4.28. The lowest BCUT2D eigenvalue weighted by Gasteiger charge is -2.39. The number of phenols is 1. The molecule has 5 heteroatoms. The van der Waals surface area contributed by atoms with E-state index in [1.54, 1.807) is 43.3 Å². The van der Waals surface area contributed by atoms with Crippen molar-refractivity contribution in [1.82, 2.24) is 0 Å². The smallest absolute Gasteiger partial charge is 0.153 e. The largest absolute Gasteiger partial charge is 0.508 e. The Hall–Kier alpha value is -1.95. The van der Waals surface area contributed by atoms with Gasteiger partial charge in [0, 0.05) is 5.56 Å². The van der Waals surface area contributed by atoms with Crippen molar-refractivity contribution in [2.75, 3.05) is 0 Å². The van der Waals surface area contributed by atoms with Crippen LogP contribution < -0.4 is 4.74 Å². The molecule has 1 aliphatic rings. The molecule has 0 aliphatic carbocycles. The molecule has 0 spiro atoms. The molecule has 0 bridgehead atoms. The number of benzene rings is 2. The average Bonchev–Trinajstić information content (AvgIpc) is 2.44. The third-order valence-electron chi connectivity index (χ3n) is 3.24. The summed E-state index contributed by atoms with van der Waals surface area (Å²) in [6.07, 6.45) is 0. The Kier molecular flexibility index (Phi) is 2.97. The number of rotatable bonds is 1. The predicted molar refractivity (Wildman–Crippen MR) is 78.9 cm³/mol. The standard InChI is InChI=1S/C15H14O4S/c1-10-15(11-6-8-12(16)9-7-11)19-13-4-2-3-5-14(13)20(10,17)18/h2-9,16-18H,1H3. The topological polar surface area (TPSA) is 69.9 Å². The van der Waals surface area contributed by atoms with Crippen molar-refractivity contribution < 1.29 is 18.9 Å². The van der Waals surface area contributed by atoms with Gasteiger partial charge in [0.05, 0.1) is 4.91 Å². The Morgan fingerprint density at radius 3 is 2.30 bits per heavy atom. The van der Waals surface area contributed by atoms with Gasteiger partial charge in [-0.1, -0.05) is 12.1 Å². The van der Waals surface area contributed by atoms with Gasteiger partial charge in [-0.2, -0.15) is 0 Å². The van der Waals surface area contributed by atoms with E-state index < -0.39 is 10.6 Å². The minimum atomic E-state index is -3.04. The molecule has 3 rings (SSSR count). The highest BCUT2D eigenvalue weighted by molar-refractivity contribution is 8.27. The lowest BCUT2D eigenvalue weighted by Crippen LogP contribution is -2.12. The molecule has 0 radical (unpaired) electrons. The van der Waals surface area contributed by atoms with Crippen molar-refractivity contribution in [1.29, 1.82) is 0 Å². The fourth-order valence-electron chi connectivity index (χ4n) is 2.12. The first-order valence-electron chi connectivity index (χ1n) is 6.05. The second kappa shape index (κ2) is 4.56. The lowest BCUT2D eigenvalue weighted by molar-refractivity contribution is 0.453. The van der Waals surface area contributed by atoms with E-state index in [4.69, 9.17) is 4.74 Å². The van der Waals surface area contributed by atoms with Crippen LogP contribution in [0.25, 0.3) is 5.76 Å². The summed E-state index contributed by atoms with van der Waals surface area (Å²) in [4.78, 5) is 0.793. The van der Waals surface area contributed by atoms with Crippen LogP contribution in [0.2, 0.25) is 0 Å². The van der Waals surface area contributed by atoms with Crippen LogP contribution in [-0.2, 0) is 0 Å². The SMILES string of the molecule is CC1=C(c2ccc(O)cc2)Oc2ccccc2S1(O)O. The van der Waals surface area contributed by atoms with Crippen LogP contribution >= 0.6 is 10.6 Å². The van der Waals surface area contributed by atoms with Gasteiger partial charge in [0.15, 0.2) is 11.5 Å². The molecular formula is C15H14O4S. The van der Waals surface area contributed by atoms with Gasteiger partial charge in [-0.3, -0.25) is 9.11 Å². The molecule has 0 amide bonds. The fourth-order valence-corrected chi connectivity index (χ4v) is 3.53. The highest BCUT2D eigenvalue weighted by Gasteiger charge is 2.31. The molecule has 20 heavy (non-hydrogen) atoms. The molecule has 0 saturated carbocycles. The summed E-state index contributed by atoms with van der Waals surface area (Å²) in [6.45, 7) is 1.65. The summed E-state index contributed by atoms with van der Waals surface area (Å²) in [5, 5.41) is 9.33. The molecule has 1 heterocycles. The Bertz CT molecular complexity index is 689. The molecule has 0 unspecified atom stereocenters. The Morgan fingerprint density at radius 2 is 1.60 bits per heavy atom. The van der Waals surface area contributed by atoms with E-state index in [0.717, 1.165) is 0 Å². The van der Waals surface area contributed by atoms with Gasteiger partial charge in [-0.15, -0.1) is 10.6 Å². The van der Waals surface area contributed by atoms with E-state index in [1.165, 1.54) is 12.1 Å². The molecule has 0 fully saturated rings. The number of aromatic hydroxyl groups is 1. The van der Waals surface area contributed by atoms with Crippen LogP contribution in [0.15, 0.2) is 58.3 Å². The molecule has 2 aromatic rings. The van der Waals surface area contributed by atoms with Crippen molar-refractivity contribution in [3.05, 3.63) is 59.0 Å². The zero-order chi connectivity index (χ0) is 14.3. The molecule has 104 valence electrons. The molecule has 0 atom stereocenters. The van der Waals surface area contributed by atoms with E-state index in [1.807, 2.05) is 0 Å². The average molecular weight is 290 g/mol. The van der Waals surface area contributed by atoms with E-state index in [9.17, 15) is 14.2 Å². The molecule has 0 saturated heterocycles. The minimum absolute atomic E-state index is 0.148. The maximum atomic E-state index is 10.4. The third kappa shape index (κ3) is 1.96. The van der Waals surface area contributed by atoms with Crippen LogP contribution in [0.5, 0.6) is 11.5 Å². The van der Waals surface area contributed by atoms with Crippen LogP contribution in [-0.4, -0.2) is 14.2 Å². The highest BCUT2D eigenvalue weighted by atomic mass is 32.3. The van der Waals surface area contributed by atoms with Crippen LogP contribution in [0.3, 0.4) is 0 Å². The summed E-state index contributed by atoms with van der Waals surface area (Å²) in [7, 11) is -3.04. The fraction of sp³-hybridized carbons (Fsp3) is 0.0667. The number of fused-ring (bicyclic) bond motifs is 1. The third-order valence-corrected chi connectivity index (χ3v) is 5.23. The van der Waals surface area contributed by atoms with Gasteiger partial charge >= 0.3 is 0 Å². The van der Waals surface area contributed by atoms with Crippen molar-refractivity contribution in [3.63, 3.8) is 0 Å². The Balaban J connectivity index is 2.15. The summed E-state index contributed by atoms with van der Waals surface area (Å²) in [5.74, 6) is 1.01. The number of phenolic OH excluding ortho intramolecular Hbond substituents is 1. The summed E-state index contributed by atoms with van der Waals surface area (Å²) < 4.78 is 26.7. The first-order chi connectivity index (χ1) is 9.50. The maximum absolute atomic E-state index is 10.4. The first-order valence-corrected chi connectivity index (χ1v) is 7.60. The molecule has 4 nitrogen and oxygen atoms in total. The molecule has 0 aromatic heterocycles. The zero-order valence-corrected chi connectivity index (χ0v) is 11.6. The van der Waals surface area contributed by atoms with Crippen LogP contribution in [0, 0.1) is 0 Å². The number of allylic oxidation sites excluding steroid dienone is 1. The minimum Gasteiger partial charge on any atom is -0.508 e. The monoisotopic (exact) mass is 290 g/mol. The molecular weight excluding hydrogens is 276 g/mol. The van der Waals surface area contributed by atoms with E-state index in [-0.39, 0.29) is 5.75 Å². The number of hydrogen-bond donors (Lipinski definition) is 3. The second-order valence-corrected chi connectivity index (χ2v) is 6.68. The Morgan fingerprint density at radius 1 is 0.950 bits per heavy atom. The summed E-state index contributed by atoms with van der Waals surface area (Å²) in [5.41, 5.74) is 0.690. The number of hydrogen-bond acceptors (Lipinski definition) is 4. The van der Waals surface area contributed by atoms with Crippen molar-refractivity contribution >= 4 is 16.3 Å². The van der Waals surface area contributed by atoms with Crippen molar-refractivity contribution in [2.24, 2.45) is 0 Å². The lowest BCUT2D eigenvalue weighted by atomic mass is 10.1. The van der Waals surface area contributed by atoms with Gasteiger partial charge in [0.2, 0.25) is 0 Å². The summed E-state index contributed by atoms with van der Waals surface area (Å²) >= 11 is 0. The van der Waals surface area contributed by atoms with Gasteiger partial charge < -0.3 is 9.84 Å². The number of para-hydroxylation sites is 1. The van der Waals surface area contributed by atoms with Crippen molar-refractivity contribution in [2.45, 2.75) is 11.8 Å². The van der Waals surface area contributed by atoms with E-state index in [2.05, 4.69) is 0 Å². The molecule has 2 aromatic carbocycles. The van der Waals surface area contributed by atoms with E-state index in [0.29, 0.717) is 26.9 Å². The maximum Gasteiger partial charge on any atom is 0.153 e. The summed E-state index contributed by atoms with van der Waals surface area (Å²) in [6, 6.07) is 13.3. The first kappa shape index (κ1) is 13.1. The van der Waals surface area contributed by atoms with Crippen LogP contribution in [0.1, 0.15) is 12.5 Å². The van der Waals surface area contributed by atoms with E-state index >= 15 is 0 Å². The van der Waals surface area contributed by atoms with Gasteiger partial charge in [-0.25, -0.2) is 0 Å². The molecule has 1 aliphatic heterocycles. The van der Waals surface area contributed by atoms with Gasteiger partial charge in [-0.05, 0) is 43.3 Å². The normalized spacial score (nSPS) is 18.1. The highest BCUT2D eigenvalue weighted by Crippen LogP contribution is 2.63. The second-order valence-electron chi connectivity index (χ2n) is 4.53. The quantitative estimate of drug-likeness (QED) is 0.733. The van der Waals surface area contributed by atoms with Crippen molar-refractivity contribution in [3.8, 4) is 11.5 Å². The Labute approximate surface area is 118 Å². The van der Waals surface area contributed by atoms with Gasteiger partial charge in [0.1, 0.15) is 10.6 Å². The van der Waals surface area contributed by atoms with Gasteiger partial charge in [0.25, 0.3) is 0 Å². The van der Waals surface area contributed by atoms with Crippen LogP contribution in [0.4, 0.5) is 0 Å². The molecule has 3 N–H and O–H groups in total.